The molecule has 0 atom stereocenters. The highest BCUT2D eigenvalue weighted by atomic mass is 16.5. The van der Waals surface area contributed by atoms with Gasteiger partial charge in [-0.05, 0) is 47.9 Å². The van der Waals surface area contributed by atoms with Gasteiger partial charge in [0.25, 0.3) is 11.8 Å². The van der Waals surface area contributed by atoms with Gasteiger partial charge in [-0.1, -0.05) is 25.1 Å². The smallest absolute Gasteiger partial charge is 0.335 e. The summed E-state index contributed by atoms with van der Waals surface area (Å²) in [5.41, 5.74) is 0.207. The van der Waals surface area contributed by atoms with Gasteiger partial charge < -0.3 is 19.4 Å². The van der Waals surface area contributed by atoms with Crippen molar-refractivity contribution in [3.63, 3.8) is 0 Å². The van der Waals surface area contributed by atoms with Gasteiger partial charge in [0.2, 0.25) is 0 Å². The van der Waals surface area contributed by atoms with Gasteiger partial charge in [0.1, 0.15) is 5.57 Å². The van der Waals surface area contributed by atoms with Crippen LogP contribution in [-0.2, 0) is 9.59 Å². The highest BCUT2D eigenvalue weighted by molar-refractivity contribution is 6.39. The van der Waals surface area contributed by atoms with Gasteiger partial charge in [0.05, 0.1) is 25.4 Å². The number of methoxy groups -OCH3 is 1. The SMILES string of the molecule is CCCOc1ccc(/C=C2\C(=O)NC(=O)N(c3ccc(C(=O)[O-])cc3)C2=O)cc1OC. The second-order valence-electron chi connectivity index (χ2n) is 6.55. The number of barbiturate groups is 1. The molecule has 1 aliphatic heterocycles. The maximum Gasteiger partial charge on any atom is 0.335 e. The summed E-state index contributed by atoms with van der Waals surface area (Å²) < 4.78 is 10.9. The molecule has 160 valence electrons. The van der Waals surface area contributed by atoms with Crippen LogP contribution in [0.4, 0.5) is 10.5 Å². The van der Waals surface area contributed by atoms with E-state index in [2.05, 4.69) is 5.32 Å². The first-order chi connectivity index (χ1) is 14.8. The molecule has 9 heteroatoms. The van der Waals surface area contributed by atoms with Crippen LogP contribution < -0.4 is 24.8 Å². The molecule has 0 spiro atoms. The zero-order chi connectivity index (χ0) is 22.5. The number of anilines is 1. The summed E-state index contributed by atoms with van der Waals surface area (Å²) in [6, 6.07) is 8.93. The Hall–Kier alpha value is -4.14. The Kier molecular flexibility index (Phi) is 6.35. The van der Waals surface area contributed by atoms with Crippen molar-refractivity contribution >= 4 is 35.6 Å². The van der Waals surface area contributed by atoms with Crippen molar-refractivity contribution in [3.8, 4) is 11.5 Å². The van der Waals surface area contributed by atoms with E-state index in [4.69, 9.17) is 9.47 Å². The Morgan fingerprint density at radius 1 is 1.10 bits per heavy atom. The summed E-state index contributed by atoms with van der Waals surface area (Å²) in [4.78, 5) is 49.2. The van der Waals surface area contributed by atoms with Crippen molar-refractivity contribution in [1.82, 2.24) is 5.32 Å². The number of carbonyl (C=O) groups is 4. The number of imide groups is 2. The van der Waals surface area contributed by atoms with Gasteiger partial charge in [-0.2, -0.15) is 0 Å². The zero-order valence-electron chi connectivity index (χ0n) is 16.8. The van der Waals surface area contributed by atoms with Crippen LogP contribution in [0.1, 0.15) is 29.3 Å². The summed E-state index contributed by atoms with van der Waals surface area (Å²) in [5.74, 6) is -2.13. The molecule has 1 heterocycles. The van der Waals surface area contributed by atoms with Crippen LogP contribution in [0.3, 0.4) is 0 Å². The zero-order valence-corrected chi connectivity index (χ0v) is 16.8. The van der Waals surface area contributed by atoms with Crippen LogP contribution in [0, 0.1) is 0 Å². The van der Waals surface area contributed by atoms with Crippen molar-refractivity contribution in [3.05, 3.63) is 59.2 Å². The molecular weight excluding hydrogens is 404 g/mol. The predicted octanol–water partition coefficient (Wildman–Crippen LogP) is 1.51. The van der Waals surface area contributed by atoms with Gasteiger partial charge in [-0.15, -0.1) is 0 Å². The number of nitrogens with zero attached hydrogens (tertiary/aromatic N) is 1. The lowest BCUT2D eigenvalue weighted by atomic mass is 10.1. The van der Waals surface area contributed by atoms with E-state index in [-0.39, 0.29) is 16.8 Å². The third-order valence-corrected chi connectivity index (χ3v) is 4.42. The number of hydrogen-bond acceptors (Lipinski definition) is 7. The normalized spacial score (nSPS) is 15.1. The monoisotopic (exact) mass is 423 g/mol. The molecule has 0 aliphatic carbocycles. The predicted molar refractivity (Wildman–Crippen MR) is 109 cm³/mol. The largest absolute Gasteiger partial charge is 0.545 e. The van der Waals surface area contributed by atoms with Crippen LogP contribution in [0.15, 0.2) is 48.0 Å². The van der Waals surface area contributed by atoms with Crippen molar-refractivity contribution in [2.24, 2.45) is 0 Å². The number of carboxylic acid groups (broad SMARTS) is 1. The number of hydrogen-bond donors (Lipinski definition) is 1. The summed E-state index contributed by atoms with van der Waals surface area (Å²) in [6.45, 7) is 2.48. The number of ether oxygens (including phenoxy) is 2. The lowest BCUT2D eigenvalue weighted by Gasteiger charge is -2.26. The number of urea groups is 1. The van der Waals surface area contributed by atoms with Gasteiger partial charge in [0, 0.05) is 0 Å². The lowest BCUT2D eigenvalue weighted by Crippen LogP contribution is -2.54. The fourth-order valence-corrected chi connectivity index (χ4v) is 2.91. The maximum atomic E-state index is 12.9. The lowest BCUT2D eigenvalue weighted by molar-refractivity contribution is -0.255. The molecule has 1 aliphatic rings. The Labute approximate surface area is 177 Å². The highest BCUT2D eigenvalue weighted by Gasteiger charge is 2.36. The minimum atomic E-state index is -1.39. The van der Waals surface area contributed by atoms with Crippen molar-refractivity contribution in [2.75, 3.05) is 18.6 Å². The Morgan fingerprint density at radius 2 is 1.81 bits per heavy atom. The first kappa shape index (κ1) is 21.6. The van der Waals surface area contributed by atoms with E-state index in [0.717, 1.165) is 11.3 Å². The van der Waals surface area contributed by atoms with E-state index in [1.807, 2.05) is 6.92 Å². The van der Waals surface area contributed by atoms with Crippen molar-refractivity contribution in [1.29, 1.82) is 0 Å². The summed E-state index contributed by atoms with van der Waals surface area (Å²) in [7, 11) is 1.47. The molecule has 0 saturated carbocycles. The molecule has 0 unspecified atom stereocenters. The Bertz CT molecular complexity index is 1070. The van der Waals surface area contributed by atoms with Gasteiger partial charge in [0.15, 0.2) is 11.5 Å². The van der Waals surface area contributed by atoms with E-state index in [1.54, 1.807) is 18.2 Å². The Morgan fingerprint density at radius 3 is 2.42 bits per heavy atom. The second kappa shape index (κ2) is 9.12. The molecule has 2 aromatic rings. The fraction of sp³-hybridized carbons (Fsp3) is 0.182. The van der Waals surface area contributed by atoms with Gasteiger partial charge >= 0.3 is 6.03 Å². The molecule has 31 heavy (non-hydrogen) atoms. The molecule has 1 N–H and O–H groups in total. The van der Waals surface area contributed by atoms with E-state index < -0.39 is 23.8 Å². The van der Waals surface area contributed by atoms with Crippen LogP contribution >= 0.6 is 0 Å². The molecule has 0 bridgehead atoms. The summed E-state index contributed by atoms with van der Waals surface area (Å²) >= 11 is 0. The third-order valence-electron chi connectivity index (χ3n) is 4.42. The molecule has 1 fully saturated rings. The van der Waals surface area contributed by atoms with E-state index in [0.29, 0.717) is 23.7 Å². The van der Waals surface area contributed by atoms with Crippen molar-refractivity contribution in [2.45, 2.75) is 13.3 Å². The molecule has 9 nitrogen and oxygen atoms in total. The summed E-state index contributed by atoms with van der Waals surface area (Å²) in [6.07, 6.45) is 2.15. The standard InChI is InChI=1S/C22H20N2O7/c1-3-10-31-17-9-4-13(12-18(17)30-2)11-16-19(25)23-22(29)24(20(16)26)15-7-5-14(6-8-15)21(27)28/h4-9,11-12H,3,10H2,1-2H3,(H,27,28)(H,23,25,29)/p-1/b16-11+. The quantitative estimate of drug-likeness (QED) is 0.529. The number of carbonyl (C=O) groups excluding carboxylic acids is 4. The maximum absolute atomic E-state index is 12.9. The van der Waals surface area contributed by atoms with Gasteiger partial charge in [-0.25, -0.2) is 9.69 Å². The number of rotatable bonds is 7. The molecule has 0 aromatic heterocycles. The van der Waals surface area contributed by atoms with Gasteiger partial charge in [-0.3, -0.25) is 14.9 Å². The minimum Gasteiger partial charge on any atom is -0.545 e. The molecular formula is C22H19N2O7-. The highest BCUT2D eigenvalue weighted by Crippen LogP contribution is 2.30. The van der Waals surface area contributed by atoms with E-state index in [9.17, 15) is 24.3 Å². The number of amides is 4. The fourth-order valence-electron chi connectivity index (χ4n) is 2.91. The third kappa shape index (κ3) is 4.55. The molecule has 4 amide bonds. The minimum absolute atomic E-state index is 0.104. The molecule has 0 radical (unpaired) electrons. The van der Waals surface area contributed by atoms with E-state index in [1.165, 1.54) is 37.5 Å². The summed E-state index contributed by atoms with van der Waals surface area (Å²) in [5, 5.41) is 13.0. The van der Waals surface area contributed by atoms with Crippen LogP contribution in [0.2, 0.25) is 0 Å². The first-order valence-corrected chi connectivity index (χ1v) is 9.39. The number of nitrogens with one attached hydrogen (secondary N) is 1. The van der Waals surface area contributed by atoms with Crippen LogP contribution in [-0.4, -0.2) is 37.5 Å². The number of aromatic carboxylic acids is 1. The number of benzene rings is 2. The Balaban J connectivity index is 1.94. The van der Waals surface area contributed by atoms with Crippen LogP contribution in [0.5, 0.6) is 11.5 Å². The molecule has 2 aromatic carbocycles. The van der Waals surface area contributed by atoms with Crippen molar-refractivity contribution < 1.29 is 33.8 Å². The molecule has 1 saturated heterocycles. The topological polar surface area (TPSA) is 125 Å². The van der Waals surface area contributed by atoms with Crippen LogP contribution in [0.25, 0.3) is 6.08 Å². The number of carboxylic acids is 1. The average molecular weight is 423 g/mol. The van der Waals surface area contributed by atoms with E-state index >= 15 is 0 Å². The first-order valence-electron chi connectivity index (χ1n) is 9.39. The second-order valence-corrected chi connectivity index (χ2v) is 6.55. The molecule has 3 rings (SSSR count). The average Bonchev–Trinajstić information content (AvgIpc) is 2.75.